The molecule has 0 saturated carbocycles. The molecule has 1 aliphatic rings. The number of thiazole rings is 1. The van der Waals surface area contributed by atoms with E-state index in [-0.39, 0.29) is 5.91 Å². The van der Waals surface area contributed by atoms with Crippen molar-refractivity contribution < 1.29 is 4.79 Å². The molecular formula is C23H27N3OS. The van der Waals surface area contributed by atoms with Crippen LogP contribution in [0, 0.1) is 6.92 Å². The molecular weight excluding hydrogens is 366 g/mol. The number of piperidine rings is 1. The van der Waals surface area contributed by atoms with Crippen LogP contribution in [0.15, 0.2) is 48.5 Å². The first-order valence-electron chi connectivity index (χ1n) is 9.96. The molecule has 4 rings (SSSR count). The Morgan fingerprint density at radius 2 is 2.00 bits per heavy atom. The van der Waals surface area contributed by atoms with Crippen LogP contribution >= 0.6 is 11.3 Å². The van der Waals surface area contributed by atoms with E-state index in [1.165, 1.54) is 20.8 Å². The highest BCUT2D eigenvalue weighted by molar-refractivity contribution is 7.18. The Morgan fingerprint density at radius 1 is 1.21 bits per heavy atom. The molecule has 0 unspecified atom stereocenters. The summed E-state index contributed by atoms with van der Waals surface area (Å²) in [5.41, 5.74) is 3.51. The molecule has 146 valence electrons. The average Bonchev–Trinajstić information content (AvgIpc) is 3.14. The molecule has 2 heterocycles. The van der Waals surface area contributed by atoms with Gasteiger partial charge in [-0.3, -0.25) is 9.69 Å². The fourth-order valence-electron chi connectivity index (χ4n) is 3.83. The van der Waals surface area contributed by atoms with Gasteiger partial charge in [-0.2, -0.15) is 0 Å². The first-order chi connectivity index (χ1) is 13.6. The molecule has 0 aliphatic carbocycles. The van der Waals surface area contributed by atoms with Gasteiger partial charge in [0.25, 0.3) is 0 Å². The van der Waals surface area contributed by atoms with Gasteiger partial charge in [-0.1, -0.05) is 42.0 Å². The Balaban J connectivity index is 1.36. The number of rotatable bonds is 5. The van der Waals surface area contributed by atoms with Gasteiger partial charge in [0.1, 0.15) is 0 Å². The Kier molecular flexibility index (Phi) is 5.74. The summed E-state index contributed by atoms with van der Waals surface area (Å²) in [7, 11) is 1.90. The van der Waals surface area contributed by atoms with Crippen LogP contribution in [-0.2, 0) is 11.3 Å². The van der Waals surface area contributed by atoms with E-state index in [2.05, 4.69) is 54.3 Å². The fraction of sp³-hybridized carbons (Fsp3) is 0.391. The lowest BCUT2D eigenvalue weighted by molar-refractivity contribution is -0.131. The third-order valence-corrected chi connectivity index (χ3v) is 6.69. The van der Waals surface area contributed by atoms with Gasteiger partial charge in [0, 0.05) is 26.1 Å². The molecule has 3 aromatic rings. The third-order valence-electron chi connectivity index (χ3n) is 5.49. The van der Waals surface area contributed by atoms with E-state index >= 15 is 0 Å². The first-order valence-corrected chi connectivity index (χ1v) is 10.8. The molecule has 0 radical (unpaired) electrons. The second-order valence-corrected chi connectivity index (χ2v) is 8.89. The van der Waals surface area contributed by atoms with Gasteiger partial charge >= 0.3 is 0 Å². The number of carbonyl (C=O) groups is 1. The standard InChI is InChI=1S/C23H27N3OS/c1-17-9-11-18(12-10-17)14-25(2)22(27)16-26-13-5-6-19(15-26)23-24-20-7-3-4-8-21(20)28-23/h3-4,7-12,19H,5-6,13-16H2,1-2H3/t19-/m1/s1. The van der Waals surface area contributed by atoms with Gasteiger partial charge in [0.15, 0.2) is 0 Å². The van der Waals surface area contributed by atoms with Crippen molar-refractivity contribution in [2.75, 3.05) is 26.7 Å². The number of carbonyl (C=O) groups excluding carboxylic acids is 1. The Bertz CT molecular complexity index is 917. The van der Waals surface area contributed by atoms with E-state index in [0.29, 0.717) is 19.0 Å². The molecule has 28 heavy (non-hydrogen) atoms. The van der Waals surface area contributed by atoms with Crippen LogP contribution in [0.2, 0.25) is 0 Å². The summed E-state index contributed by atoms with van der Waals surface area (Å²) in [6, 6.07) is 16.7. The van der Waals surface area contributed by atoms with Crippen molar-refractivity contribution in [3.8, 4) is 0 Å². The predicted octanol–water partition coefficient (Wildman–Crippen LogP) is 4.44. The maximum absolute atomic E-state index is 12.7. The van der Waals surface area contributed by atoms with Crippen LogP contribution in [0.4, 0.5) is 0 Å². The number of para-hydroxylation sites is 1. The highest BCUT2D eigenvalue weighted by atomic mass is 32.1. The van der Waals surface area contributed by atoms with Crippen LogP contribution in [0.5, 0.6) is 0 Å². The van der Waals surface area contributed by atoms with Gasteiger partial charge in [0.05, 0.1) is 21.8 Å². The Hall–Kier alpha value is -2.24. The van der Waals surface area contributed by atoms with E-state index in [1.807, 2.05) is 18.0 Å². The highest BCUT2D eigenvalue weighted by Gasteiger charge is 2.26. The zero-order chi connectivity index (χ0) is 19.5. The number of likely N-dealkylation sites (N-methyl/N-ethyl adjacent to an activating group) is 1. The number of hydrogen-bond donors (Lipinski definition) is 0. The molecule has 0 N–H and O–H groups in total. The SMILES string of the molecule is Cc1ccc(CN(C)C(=O)CN2CCC[C@@H](c3nc4ccccc4s3)C2)cc1. The summed E-state index contributed by atoms with van der Waals surface area (Å²) in [6.45, 7) is 5.14. The number of amides is 1. The summed E-state index contributed by atoms with van der Waals surface area (Å²) >= 11 is 1.80. The maximum atomic E-state index is 12.7. The molecule has 1 fully saturated rings. The van der Waals surface area contributed by atoms with Gasteiger partial charge < -0.3 is 4.90 Å². The lowest BCUT2D eigenvalue weighted by Crippen LogP contribution is -2.42. The van der Waals surface area contributed by atoms with Crippen LogP contribution < -0.4 is 0 Å². The van der Waals surface area contributed by atoms with E-state index in [1.54, 1.807) is 11.3 Å². The monoisotopic (exact) mass is 393 g/mol. The summed E-state index contributed by atoms with van der Waals surface area (Å²) in [6.07, 6.45) is 2.28. The summed E-state index contributed by atoms with van der Waals surface area (Å²) in [5, 5.41) is 1.21. The number of aromatic nitrogens is 1. The van der Waals surface area contributed by atoms with Crippen molar-refractivity contribution in [3.63, 3.8) is 0 Å². The second-order valence-electron chi connectivity index (χ2n) is 7.83. The van der Waals surface area contributed by atoms with Gasteiger partial charge in [-0.05, 0) is 44.0 Å². The zero-order valence-electron chi connectivity index (χ0n) is 16.6. The first kappa shape index (κ1) is 19.1. The van der Waals surface area contributed by atoms with Crippen molar-refractivity contribution in [1.82, 2.24) is 14.8 Å². The molecule has 0 bridgehead atoms. The van der Waals surface area contributed by atoms with Crippen molar-refractivity contribution in [1.29, 1.82) is 0 Å². The largest absolute Gasteiger partial charge is 0.340 e. The number of benzene rings is 2. The van der Waals surface area contributed by atoms with Crippen molar-refractivity contribution in [2.24, 2.45) is 0 Å². The minimum absolute atomic E-state index is 0.186. The number of likely N-dealkylation sites (tertiary alicyclic amines) is 1. The highest BCUT2D eigenvalue weighted by Crippen LogP contribution is 2.32. The normalized spacial score (nSPS) is 17.7. The fourth-order valence-corrected chi connectivity index (χ4v) is 4.93. The average molecular weight is 394 g/mol. The lowest BCUT2D eigenvalue weighted by Gasteiger charge is -2.32. The minimum Gasteiger partial charge on any atom is -0.340 e. The van der Waals surface area contributed by atoms with Crippen LogP contribution in [0.25, 0.3) is 10.2 Å². The third kappa shape index (κ3) is 4.42. The number of nitrogens with zero attached hydrogens (tertiary/aromatic N) is 3. The van der Waals surface area contributed by atoms with E-state index in [0.717, 1.165) is 31.4 Å². The molecule has 0 spiro atoms. The number of hydrogen-bond acceptors (Lipinski definition) is 4. The molecule has 1 aromatic heterocycles. The second kappa shape index (κ2) is 8.41. The summed E-state index contributed by atoms with van der Waals surface area (Å²) in [4.78, 5) is 21.7. The van der Waals surface area contributed by atoms with Gasteiger partial charge in [-0.25, -0.2) is 4.98 Å². The molecule has 1 amide bonds. The lowest BCUT2D eigenvalue weighted by atomic mass is 9.98. The molecule has 5 heteroatoms. The van der Waals surface area contributed by atoms with Gasteiger partial charge in [-0.15, -0.1) is 11.3 Å². The molecule has 1 aliphatic heterocycles. The summed E-state index contributed by atoms with van der Waals surface area (Å²) < 4.78 is 1.25. The van der Waals surface area contributed by atoms with Crippen molar-refractivity contribution in [3.05, 3.63) is 64.7 Å². The zero-order valence-corrected chi connectivity index (χ0v) is 17.4. The van der Waals surface area contributed by atoms with Gasteiger partial charge in [0.2, 0.25) is 5.91 Å². The molecule has 1 atom stereocenters. The molecule has 2 aromatic carbocycles. The topological polar surface area (TPSA) is 36.4 Å². The van der Waals surface area contributed by atoms with E-state index in [9.17, 15) is 4.79 Å². The van der Waals surface area contributed by atoms with E-state index in [4.69, 9.17) is 4.98 Å². The van der Waals surface area contributed by atoms with Crippen LogP contribution in [-0.4, -0.2) is 47.4 Å². The molecule has 1 saturated heterocycles. The van der Waals surface area contributed by atoms with Crippen molar-refractivity contribution in [2.45, 2.75) is 32.2 Å². The number of aryl methyl sites for hydroxylation is 1. The summed E-state index contributed by atoms with van der Waals surface area (Å²) in [5.74, 6) is 0.617. The van der Waals surface area contributed by atoms with E-state index < -0.39 is 0 Å². The Morgan fingerprint density at radius 3 is 2.79 bits per heavy atom. The smallest absolute Gasteiger partial charge is 0.236 e. The number of fused-ring (bicyclic) bond motifs is 1. The minimum atomic E-state index is 0.186. The maximum Gasteiger partial charge on any atom is 0.236 e. The molecule has 4 nitrogen and oxygen atoms in total. The predicted molar refractivity (Wildman–Crippen MR) is 116 cm³/mol. The van der Waals surface area contributed by atoms with Crippen molar-refractivity contribution >= 4 is 27.5 Å². The van der Waals surface area contributed by atoms with Crippen LogP contribution in [0.1, 0.15) is 34.9 Å². The Labute approximate surface area is 170 Å². The van der Waals surface area contributed by atoms with Crippen LogP contribution in [0.3, 0.4) is 0 Å². The quantitative estimate of drug-likeness (QED) is 0.643.